The molecule has 3 aromatic carbocycles. The van der Waals surface area contributed by atoms with Gasteiger partial charge in [0.05, 0.1) is 5.57 Å². The molecule has 0 aliphatic carbocycles. The van der Waals surface area contributed by atoms with E-state index < -0.39 is 5.91 Å². The number of thioether (sulfide) groups is 1. The van der Waals surface area contributed by atoms with E-state index >= 15 is 0 Å². The molecule has 162 valence electrons. The van der Waals surface area contributed by atoms with Crippen LogP contribution in [-0.4, -0.2) is 27.0 Å². The highest BCUT2D eigenvalue weighted by Gasteiger charge is 2.36. The normalized spacial score (nSPS) is 16.5. The largest absolute Gasteiger partial charge is 0.489 e. The lowest BCUT2D eigenvalue weighted by Crippen LogP contribution is -2.35. The van der Waals surface area contributed by atoms with E-state index in [-0.39, 0.29) is 11.4 Å². The predicted octanol–water partition coefficient (Wildman–Crippen LogP) is 5.24. The number of nitrogens with one attached hydrogen (secondary N) is 1. The van der Waals surface area contributed by atoms with Gasteiger partial charge in [-0.15, -0.1) is 0 Å². The Morgan fingerprint density at radius 1 is 1.00 bits per heavy atom. The van der Waals surface area contributed by atoms with Gasteiger partial charge in [0, 0.05) is 5.56 Å². The fourth-order valence-corrected chi connectivity index (χ4v) is 4.46. The zero-order valence-electron chi connectivity index (χ0n) is 17.9. The molecule has 33 heavy (non-hydrogen) atoms. The minimum Gasteiger partial charge on any atom is -0.489 e. The second-order valence-electron chi connectivity index (χ2n) is 7.58. The lowest BCUT2D eigenvalue weighted by Gasteiger charge is -2.20. The molecule has 0 saturated heterocycles. The summed E-state index contributed by atoms with van der Waals surface area (Å²) < 4.78 is 5.82. The Balaban J connectivity index is 1.34. The van der Waals surface area contributed by atoms with E-state index in [9.17, 15) is 4.79 Å². The van der Waals surface area contributed by atoms with Gasteiger partial charge in [-0.25, -0.2) is 0 Å². The first-order valence-corrected chi connectivity index (χ1v) is 11.2. The zero-order chi connectivity index (χ0) is 22.8. The highest BCUT2D eigenvalue weighted by Crippen LogP contribution is 2.31. The van der Waals surface area contributed by atoms with Crippen molar-refractivity contribution in [2.24, 2.45) is 10.1 Å². The third kappa shape index (κ3) is 4.36. The maximum absolute atomic E-state index is 12.7. The molecule has 2 aliphatic rings. The molecular weight excluding hydrogens is 432 g/mol. The molecule has 3 aromatic rings. The molecule has 0 atom stereocenters. The number of fused-ring (bicyclic) bond motifs is 1. The van der Waals surface area contributed by atoms with Gasteiger partial charge in [-0.2, -0.15) is 15.1 Å². The van der Waals surface area contributed by atoms with Crippen LogP contribution in [0, 0.1) is 12.3 Å². The second kappa shape index (κ2) is 8.88. The average Bonchev–Trinajstić information content (AvgIpc) is 3.26. The highest BCUT2D eigenvalue weighted by atomic mass is 32.2. The van der Waals surface area contributed by atoms with Crippen molar-refractivity contribution in [2.45, 2.75) is 13.5 Å². The van der Waals surface area contributed by atoms with Gasteiger partial charge in [-0.3, -0.25) is 10.2 Å². The van der Waals surface area contributed by atoms with Crippen molar-refractivity contribution in [2.75, 3.05) is 0 Å². The number of aliphatic imine (C=N–C) groups is 1. The van der Waals surface area contributed by atoms with Crippen LogP contribution < -0.4 is 4.74 Å². The molecule has 1 N–H and O–H groups in total. The highest BCUT2D eigenvalue weighted by molar-refractivity contribution is 8.27. The van der Waals surface area contributed by atoms with Crippen molar-refractivity contribution in [3.63, 3.8) is 0 Å². The lowest BCUT2D eigenvalue weighted by molar-refractivity contribution is -0.114. The van der Waals surface area contributed by atoms with E-state index in [1.165, 1.54) is 16.8 Å². The van der Waals surface area contributed by atoms with E-state index in [1.54, 1.807) is 6.08 Å². The van der Waals surface area contributed by atoms with Crippen LogP contribution in [0.25, 0.3) is 6.08 Å². The van der Waals surface area contributed by atoms with E-state index in [4.69, 9.17) is 10.1 Å². The number of aryl methyl sites for hydroxylation is 1. The van der Waals surface area contributed by atoms with Crippen LogP contribution in [0.2, 0.25) is 0 Å². The summed E-state index contributed by atoms with van der Waals surface area (Å²) in [5, 5.41) is 15.7. The standard InChI is InChI=1S/C26H20N4O2S/c1-17-7-5-6-10-21(17)25-29-30-23(27)22(24(31)28-26(30)33-25)15-18-11-13-20(14-12-18)32-16-19-8-3-2-4-9-19/h2-15,27H,16H2,1H3. The summed E-state index contributed by atoms with van der Waals surface area (Å²) in [6.45, 7) is 2.49. The monoisotopic (exact) mass is 452 g/mol. The van der Waals surface area contributed by atoms with Crippen molar-refractivity contribution < 1.29 is 9.53 Å². The fourth-order valence-electron chi connectivity index (χ4n) is 3.48. The number of carbonyl (C=O) groups excluding carboxylic acids is 1. The third-order valence-electron chi connectivity index (χ3n) is 5.27. The topological polar surface area (TPSA) is 78.1 Å². The molecule has 7 heteroatoms. The average molecular weight is 453 g/mol. The molecule has 0 radical (unpaired) electrons. The smallest absolute Gasteiger partial charge is 0.283 e. The number of hydrogen-bond acceptors (Lipinski definition) is 5. The predicted molar refractivity (Wildman–Crippen MR) is 133 cm³/mol. The Bertz CT molecular complexity index is 1330. The van der Waals surface area contributed by atoms with Gasteiger partial charge in [0.25, 0.3) is 5.91 Å². The molecular formula is C26H20N4O2S. The molecule has 0 spiro atoms. The molecule has 2 heterocycles. The van der Waals surface area contributed by atoms with Gasteiger partial charge >= 0.3 is 0 Å². The van der Waals surface area contributed by atoms with Gasteiger partial charge in [0.1, 0.15) is 17.4 Å². The van der Waals surface area contributed by atoms with Gasteiger partial charge in [-0.05, 0) is 53.6 Å². The van der Waals surface area contributed by atoms with Gasteiger partial charge < -0.3 is 4.74 Å². The molecule has 0 fully saturated rings. The molecule has 6 nitrogen and oxygen atoms in total. The van der Waals surface area contributed by atoms with Crippen LogP contribution >= 0.6 is 11.8 Å². The Morgan fingerprint density at radius 2 is 1.73 bits per heavy atom. The Labute approximate surface area is 195 Å². The van der Waals surface area contributed by atoms with Crippen LogP contribution in [0.3, 0.4) is 0 Å². The van der Waals surface area contributed by atoms with Crippen LogP contribution in [0.4, 0.5) is 0 Å². The minimum atomic E-state index is -0.440. The molecule has 2 aliphatic heterocycles. The van der Waals surface area contributed by atoms with Crippen LogP contribution in [0.5, 0.6) is 5.75 Å². The zero-order valence-corrected chi connectivity index (χ0v) is 18.7. The quantitative estimate of drug-likeness (QED) is 0.537. The van der Waals surface area contributed by atoms with Crippen LogP contribution in [0.15, 0.2) is 94.5 Å². The van der Waals surface area contributed by atoms with E-state index in [0.29, 0.717) is 11.8 Å². The fraction of sp³-hybridized carbons (Fsp3) is 0.0769. The summed E-state index contributed by atoms with van der Waals surface area (Å²) in [5.74, 6) is 0.310. The number of amides is 1. The number of hydrazone groups is 1. The first-order valence-electron chi connectivity index (χ1n) is 10.4. The van der Waals surface area contributed by atoms with Crippen molar-refractivity contribution in [3.8, 4) is 5.75 Å². The molecule has 5 rings (SSSR count). The molecule has 0 aromatic heterocycles. The lowest BCUT2D eigenvalue weighted by atomic mass is 10.1. The van der Waals surface area contributed by atoms with Crippen LogP contribution in [0.1, 0.15) is 22.3 Å². The summed E-state index contributed by atoms with van der Waals surface area (Å²) in [6.07, 6.45) is 1.66. The van der Waals surface area contributed by atoms with E-state index in [2.05, 4.69) is 10.1 Å². The van der Waals surface area contributed by atoms with Crippen molar-refractivity contribution in [1.82, 2.24) is 5.01 Å². The summed E-state index contributed by atoms with van der Waals surface area (Å²) >= 11 is 1.30. The van der Waals surface area contributed by atoms with Crippen molar-refractivity contribution in [3.05, 3.63) is 107 Å². The number of amidine groups is 2. The second-order valence-corrected chi connectivity index (χ2v) is 8.54. The van der Waals surface area contributed by atoms with Crippen molar-refractivity contribution in [1.29, 1.82) is 5.41 Å². The first-order chi connectivity index (χ1) is 16.1. The summed E-state index contributed by atoms with van der Waals surface area (Å²) in [7, 11) is 0. The van der Waals surface area contributed by atoms with Gasteiger partial charge in [0.15, 0.2) is 5.84 Å². The Hall–Kier alpha value is -3.97. The number of carbonyl (C=O) groups is 1. The molecule has 0 saturated carbocycles. The maximum atomic E-state index is 12.7. The molecule has 0 unspecified atom stereocenters. The number of nitrogens with zero attached hydrogens (tertiary/aromatic N) is 3. The van der Waals surface area contributed by atoms with E-state index in [0.717, 1.165) is 33.0 Å². The number of rotatable bonds is 5. The first kappa shape index (κ1) is 20.9. The van der Waals surface area contributed by atoms with Crippen LogP contribution in [-0.2, 0) is 11.4 Å². The Kier molecular flexibility index (Phi) is 5.62. The third-order valence-corrected chi connectivity index (χ3v) is 6.21. The number of benzene rings is 3. The SMILES string of the molecule is Cc1ccccc1C1=NN2C(=N)C(=Cc3ccc(OCc4ccccc4)cc3)C(=O)N=C2S1. The number of hydrogen-bond donors (Lipinski definition) is 1. The van der Waals surface area contributed by atoms with Gasteiger partial charge in [0.2, 0.25) is 5.17 Å². The summed E-state index contributed by atoms with van der Waals surface area (Å²) in [4.78, 5) is 16.9. The molecule has 0 bridgehead atoms. The summed E-state index contributed by atoms with van der Waals surface area (Å²) in [5.41, 5.74) is 4.12. The summed E-state index contributed by atoms with van der Waals surface area (Å²) in [6, 6.07) is 25.2. The van der Waals surface area contributed by atoms with Crippen molar-refractivity contribution >= 4 is 39.8 Å². The number of ether oxygens (including phenoxy) is 1. The van der Waals surface area contributed by atoms with E-state index in [1.807, 2.05) is 85.8 Å². The minimum absolute atomic E-state index is 0.0190. The van der Waals surface area contributed by atoms with Gasteiger partial charge in [-0.1, -0.05) is 66.7 Å². The maximum Gasteiger partial charge on any atom is 0.283 e. The molecule has 1 amide bonds. The Morgan fingerprint density at radius 3 is 2.48 bits per heavy atom.